The van der Waals surface area contributed by atoms with E-state index in [9.17, 15) is 9.59 Å². The van der Waals surface area contributed by atoms with Crippen molar-refractivity contribution in [1.29, 1.82) is 0 Å². The number of carbonyl (C=O) groups is 2. The van der Waals surface area contributed by atoms with Crippen LogP contribution in [0.4, 0.5) is 0 Å². The lowest BCUT2D eigenvalue weighted by molar-refractivity contribution is -0.154. The average molecular weight is 355 g/mol. The minimum absolute atomic E-state index is 0.102. The van der Waals surface area contributed by atoms with E-state index in [1.165, 1.54) is 4.90 Å². The molecule has 0 aliphatic carbocycles. The predicted octanol–water partition coefficient (Wildman–Crippen LogP) is 4.48. The van der Waals surface area contributed by atoms with Gasteiger partial charge in [0.2, 0.25) is 11.8 Å². The number of carbonyl (C=O) groups excluding carboxylic acids is 2. The second-order valence-electron chi connectivity index (χ2n) is 11.6. The fourth-order valence-electron chi connectivity index (χ4n) is 3.62. The SMILES string of the molecule is CN(C(=O)C(NC(C)(C)C)C(C)(C)C)C(=O)C(C(C)(C)C)C(C)(C)C. The maximum atomic E-state index is 13.3. The van der Waals surface area contributed by atoms with Crippen LogP contribution < -0.4 is 5.32 Å². The molecule has 0 heterocycles. The Morgan fingerprint density at radius 1 is 0.680 bits per heavy atom. The Bertz CT molecular complexity index is 468. The number of imide groups is 1. The average Bonchev–Trinajstić information content (AvgIpc) is 2.27. The minimum atomic E-state index is -0.429. The van der Waals surface area contributed by atoms with Crippen LogP contribution in [0.5, 0.6) is 0 Å². The van der Waals surface area contributed by atoms with Gasteiger partial charge in [-0.05, 0) is 37.0 Å². The van der Waals surface area contributed by atoms with Gasteiger partial charge in [-0.2, -0.15) is 0 Å². The van der Waals surface area contributed by atoms with E-state index in [1.807, 2.05) is 41.5 Å². The molecule has 0 aliphatic heterocycles. The van der Waals surface area contributed by atoms with Gasteiger partial charge in [0.15, 0.2) is 0 Å². The molecule has 25 heavy (non-hydrogen) atoms. The van der Waals surface area contributed by atoms with E-state index in [0.29, 0.717) is 0 Å². The predicted molar refractivity (Wildman–Crippen MR) is 106 cm³/mol. The molecule has 0 saturated heterocycles. The zero-order valence-electron chi connectivity index (χ0n) is 18.9. The monoisotopic (exact) mass is 354 g/mol. The number of hydrogen-bond donors (Lipinski definition) is 1. The van der Waals surface area contributed by atoms with Gasteiger partial charge >= 0.3 is 0 Å². The first-order valence-electron chi connectivity index (χ1n) is 9.28. The largest absolute Gasteiger partial charge is 0.301 e. The summed E-state index contributed by atoms with van der Waals surface area (Å²) in [5, 5.41) is 3.40. The van der Waals surface area contributed by atoms with Crippen molar-refractivity contribution in [2.75, 3.05) is 7.05 Å². The summed E-state index contributed by atoms with van der Waals surface area (Å²) in [5.41, 5.74) is -0.958. The highest BCUT2D eigenvalue weighted by molar-refractivity contribution is 5.99. The molecule has 1 N–H and O–H groups in total. The summed E-state index contributed by atoms with van der Waals surface area (Å²) in [7, 11) is 1.62. The standard InChI is InChI=1S/C21H42N2O2/c1-18(2,3)14(19(4,5)6)16(24)23(13)17(25)15(20(7,8)9)22-21(10,11)12/h14-15,22H,1-13H3. The Labute approximate surface area is 156 Å². The molecule has 0 saturated carbocycles. The van der Waals surface area contributed by atoms with E-state index in [1.54, 1.807) is 7.05 Å². The van der Waals surface area contributed by atoms with Gasteiger partial charge in [0.25, 0.3) is 0 Å². The quantitative estimate of drug-likeness (QED) is 0.813. The zero-order valence-corrected chi connectivity index (χ0v) is 18.9. The third kappa shape index (κ3) is 7.08. The van der Waals surface area contributed by atoms with Crippen molar-refractivity contribution >= 4 is 11.8 Å². The smallest absolute Gasteiger partial charge is 0.246 e. The van der Waals surface area contributed by atoms with Gasteiger partial charge in [0.05, 0.1) is 6.04 Å². The Balaban J connectivity index is 5.78. The number of nitrogens with one attached hydrogen (secondary N) is 1. The second-order valence-corrected chi connectivity index (χ2v) is 11.6. The molecule has 0 bridgehead atoms. The fourth-order valence-corrected chi connectivity index (χ4v) is 3.62. The molecule has 1 unspecified atom stereocenters. The lowest BCUT2D eigenvalue weighted by Gasteiger charge is -2.43. The maximum Gasteiger partial charge on any atom is 0.246 e. The van der Waals surface area contributed by atoms with Crippen molar-refractivity contribution < 1.29 is 9.59 Å². The lowest BCUT2D eigenvalue weighted by atomic mass is 9.66. The fraction of sp³-hybridized carbons (Fsp3) is 0.905. The Hall–Kier alpha value is -0.900. The minimum Gasteiger partial charge on any atom is -0.301 e. The van der Waals surface area contributed by atoms with E-state index in [2.05, 4.69) is 46.9 Å². The topological polar surface area (TPSA) is 49.4 Å². The number of nitrogens with zero attached hydrogens (tertiary/aromatic N) is 1. The van der Waals surface area contributed by atoms with Crippen LogP contribution in [0.25, 0.3) is 0 Å². The molecule has 0 radical (unpaired) electrons. The molecule has 2 amide bonds. The van der Waals surface area contributed by atoms with Gasteiger partial charge in [0, 0.05) is 18.5 Å². The molecule has 0 aromatic rings. The van der Waals surface area contributed by atoms with E-state index in [0.717, 1.165) is 0 Å². The first kappa shape index (κ1) is 24.1. The summed E-state index contributed by atoms with van der Waals surface area (Å²) in [4.78, 5) is 27.8. The van der Waals surface area contributed by atoms with E-state index < -0.39 is 6.04 Å². The van der Waals surface area contributed by atoms with Crippen LogP contribution in [-0.4, -0.2) is 35.3 Å². The maximum absolute atomic E-state index is 13.3. The summed E-state index contributed by atoms with van der Waals surface area (Å²) in [6, 6.07) is -0.429. The van der Waals surface area contributed by atoms with Crippen LogP contribution in [0.1, 0.15) is 83.1 Å². The van der Waals surface area contributed by atoms with Gasteiger partial charge < -0.3 is 5.32 Å². The van der Waals surface area contributed by atoms with E-state index in [-0.39, 0.29) is 39.5 Å². The van der Waals surface area contributed by atoms with Crippen molar-refractivity contribution in [3.8, 4) is 0 Å². The number of hydrogen-bond acceptors (Lipinski definition) is 3. The highest BCUT2D eigenvalue weighted by atomic mass is 16.2. The molecule has 0 fully saturated rings. The molecule has 0 aliphatic rings. The molecular weight excluding hydrogens is 312 g/mol. The van der Waals surface area contributed by atoms with Crippen LogP contribution in [0.2, 0.25) is 0 Å². The second kappa shape index (κ2) is 7.38. The van der Waals surface area contributed by atoms with Crippen LogP contribution in [0.15, 0.2) is 0 Å². The number of likely N-dealkylation sites (N-methyl/N-ethyl adjacent to an activating group) is 1. The van der Waals surface area contributed by atoms with Gasteiger partial charge in [-0.1, -0.05) is 62.3 Å². The first-order valence-corrected chi connectivity index (χ1v) is 9.28. The molecule has 4 nitrogen and oxygen atoms in total. The number of amides is 2. The van der Waals surface area contributed by atoms with E-state index in [4.69, 9.17) is 0 Å². The van der Waals surface area contributed by atoms with Crippen molar-refractivity contribution in [2.45, 2.75) is 94.7 Å². The molecule has 0 aromatic carbocycles. The van der Waals surface area contributed by atoms with Crippen molar-refractivity contribution in [2.24, 2.45) is 22.2 Å². The molecular formula is C21H42N2O2. The Morgan fingerprint density at radius 3 is 1.28 bits per heavy atom. The number of rotatable bonds is 3. The third-order valence-corrected chi connectivity index (χ3v) is 4.33. The van der Waals surface area contributed by atoms with Gasteiger partial charge in [0.1, 0.15) is 0 Å². The molecule has 0 rings (SSSR count). The van der Waals surface area contributed by atoms with Gasteiger partial charge in [-0.15, -0.1) is 0 Å². The summed E-state index contributed by atoms with van der Waals surface area (Å²) in [5.74, 6) is -0.509. The molecule has 1 atom stereocenters. The zero-order chi connectivity index (χ0) is 20.6. The van der Waals surface area contributed by atoms with Crippen molar-refractivity contribution in [1.82, 2.24) is 10.2 Å². The molecule has 4 heteroatoms. The van der Waals surface area contributed by atoms with Crippen molar-refractivity contribution in [3.63, 3.8) is 0 Å². The Kier molecular flexibility index (Phi) is 7.11. The van der Waals surface area contributed by atoms with Crippen molar-refractivity contribution in [3.05, 3.63) is 0 Å². The van der Waals surface area contributed by atoms with Crippen LogP contribution in [0.3, 0.4) is 0 Å². The highest BCUT2D eigenvalue weighted by Gasteiger charge is 2.45. The molecule has 148 valence electrons. The summed E-state index contributed by atoms with van der Waals surface area (Å²) in [6.45, 7) is 24.6. The lowest BCUT2D eigenvalue weighted by Crippen LogP contribution is -2.59. The van der Waals surface area contributed by atoms with Gasteiger partial charge in [-0.3, -0.25) is 14.5 Å². The molecule has 0 spiro atoms. The summed E-state index contributed by atoms with van der Waals surface area (Å²) in [6.07, 6.45) is 0. The van der Waals surface area contributed by atoms with Crippen LogP contribution in [-0.2, 0) is 9.59 Å². The molecule has 0 aromatic heterocycles. The first-order chi connectivity index (χ1) is 10.7. The normalized spacial score (nSPS) is 15.3. The third-order valence-electron chi connectivity index (χ3n) is 4.33. The summed E-state index contributed by atoms with van der Waals surface area (Å²) < 4.78 is 0. The Morgan fingerprint density at radius 2 is 1.04 bits per heavy atom. The highest BCUT2D eigenvalue weighted by Crippen LogP contribution is 2.41. The van der Waals surface area contributed by atoms with Gasteiger partial charge in [-0.25, -0.2) is 0 Å². The van der Waals surface area contributed by atoms with E-state index >= 15 is 0 Å². The van der Waals surface area contributed by atoms with Crippen LogP contribution in [0, 0.1) is 22.2 Å². The van der Waals surface area contributed by atoms with Crippen LogP contribution >= 0.6 is 0 Å². The summed E-state index contributed by atoms with van der Waals surface area (Å²) >= 11 is 0.